The van der Waals surface area contributed by atoms with Gasteiger partial charge in [-0.05, 0) is 24.2 Å². The Morgan fingerprint density at radius 3 is 1.92 bits per heavy atom. The van der Waals surface area contributed by atoms with Gasteiger partial charge in [0.15, 0.2) is 5.79 Å². The van der Waals surface area contributed by atoms with Crippen LogP contribution in [-0.4, -0.2) is 16.0 Å². The van der Waals surface area contributed by atoms with Gasteiger partial charge in [0.2, 0.25) is 0 Å². The number of aliphatic hydroxyl groups is 2. The molecule has 0 spiro atoms. The second-order valence-corrected chi connectivity index (χ2v) is 5.71. The van der Waals surface area contributed by atoms with Crippen LogP contribution in [0.5, 0.6) is 0 Å². The standard InChI is InChI=1S/C11H20O2/c1-7-8-5-6-10(4,9(8,2)3)11(7,12)13/h7-8,12-13H,5-6H2,1-4H3. The Hall–Kier alpha value is -0.0800. The molecule has 2 rings (SSSR count). The molecule has 0 radical (unpaired) electrons. The molecule has 0 aliphatic heterocycles. The summed E-state index contributed by atoms with van der Waals surface area (Å²) in [4.78, 5) is 0. The Labute approximate surface area is 80.0 Å². The van der Waals surface area contributed by atoms with Crippen LogP contribution in [-0.2, 0) is 0 Å². The van der Waals surface area contributed by atoms with E-state index < -0.39 is 5.79 Å². The number of hydrogen-bond donors (Lipinski definition) is 2. The van der Waals surface area contributed by atoms with Crippen LogP contribution in [0, 0.1) is 22.7 Å². The molecule has 0 aromatic rings. The van der Waals surface area contributed by atoms with Crippen molar-refractivity contribution in [1.82, 2.24) is 0 Å². The fourth-order valence-corrected chi connectivity index (χ4v) is 3.85. The van der Waals surface area contributed by atoms with Crippen molar-refractivity contribution in [2.24, 2.45) is 22.7 Å². The van der Waals surface area contributed by atoms with Gasteiger partial charge in [0.1, 0.15) is 0 Å². The number of rotatable bonds is 0. The Morgan fingerprint density at radius 1 is 1.15 bits per heavy atom. The average molecular weight is 184 g/mol. The zero-order valence-corrected chi connectivity index (χ0v) is 8.96. The molecular weight excluding hydrogens is 164 g/mol. The van der Waals surface area contributed by atoms with E-state index in [1.807, 2.05) is 13.8 Å². The van der Waals surface area contributed by atoms with Gasteiger partial charge in [-0.2, -0.15) is 0 Å². The first-order valence-corrected chi connectivity index (χ1v) is 5.20. The van der Waals surface area contributed by atoms with Crippen LogP contribution in [0.15, 0.2) is 0 Å². The third-order valence-electron chi connectivity index (χ3n) is 5.36. The molecule has 2 aliphatic carbocycles. The molecule has 2 aliphatic rings. The third kappa shape index (κ3) is 0.736. The summed E-state index contributed by atoms with van der Waals surface area (Å²) < 4.78 is 0. The van der Waals surface area contributed by atoms with Crippen molar-refractivity contribution < 1.29 is 10.2 Å². The van der Waals surface area contributed by atoms with Crippen molar-refractivity contribution in [2.45, 2.75) is 46.3 Å². The molecule has 3 unspecified atom stereocenters. The number of fused-ring (bicyclic) bond motifs is 2. The largest absolute Gasteiger partial charge is 0.365 e. The van der Waals surface area contributed by atoms with Gasteiger partial charge in [-0.1, -0.05) is 27.7 Å². The van der Waals surface area contributed by atoms with Crippen LogP contribution in [0.1, 0.15) is 40.5 Å². The van der Waals surface area contributed by atoms with Crippen molar-refractivity contribution in [3.63, 3.8) is 0 Å². The fraction of sp³-hybridized carbons (Fsp3) is 1.00. The predicted octanol–water partition coefficient (Wildman–Crippen LogP) is 1.76. The zero-order valence-electron chi connectivity index (χ0n) is 8.96. The molecule has 3 atom stereocenters. The average Bonchev–Trinajstić information content (AvgIpc) is 2.26. The molecule has 2 fully saturated rings. The summed E-state index contributed by atoms with van der Waals surface area (Å²) in [6.07, 6.45) is 2.09. The smallest absolute Gasteiger partial charge is 0.171 e. The molecule has 2 heteroatoms. The highest BCUT2D eigenvalue weighted by Crippen LogP contribution is 2.70. The maximum atomic E-state index is 10.1. The Morgan fingerprint density at radius 2 is 1.69 bits per heavy atom. The molecule has 76 valence electrons. The summed E-state index contributed by atoms with van der Waals surface area (Å²) in [5.74, 6) is -0.979. The highest BCUT2D eigenvalue weighted by molar-refractivity contribution is 5.16. The monoisotopic (exact) mass is 184 g/mol. The highest BCUT2D eigenvalue weighted by atomic mass is 16.5. The lowest BCUT2D eigenvalue weighted by Crippen LogP contribution is -2.50. The van der Waals surface area contributed by atoms with Gasteiger partial charge in [-0.3, -0.25) is 0 Å². The molecule has 0 aromatic heterocycles. The highest BCUT2D eigenvalue weighted by Gasteiger charge is 2.71. The van der Waals surface area contributed by atoms with E-state index in [2.05, 4.69) is 13.8 Å². The van der Waals surface area contributed by atoms with Crippen molar-refractivity contribution in [3.05, 3.63) is 0 Å². The number of hydrogen-bond acceptors (Lipinski definition) is 2. The van der Waals surface area contributed by atoms with E-state index in [9.17, 15) is 10.2 Å². The quantitative estimate of drug-likeness (QED) is 0.563. The van der Waals surface area contributed by atoms with E-state index >= 15 is 0 Å². The van der Waals surface area contributed by atoms with E-state index in [-0.39, 0.29) is 16.7 Å². The van der Waals surface area contributed by atoms with E-state index in [4.69, 9.17) is 0 Å². The molecule has 0 amide bonds. The molecular formula is C11H20O2. The zero-order chi connectivity index (χ0) is 10.1. The first kappa shape index (κ1) is 9.47. The van der Waals surface area contributed by atoms with Gasteiger partial charge in [-0.15, -0.1) is 0 Å². The van der Waals surface area contributed by atoms with Crippen LogP contribution in [0.3, 0.4) is 0 Å². The van der Waals surface area contributed by atoms with Crippen molar-refractivity contribution >= 4 is 0 Å². The van der Waals surface area contributed by atoms with Crippen molar-refractivity contribution in [2.75, 3.05) is 0 Å². The summed E-state index contributed by atoms with van der Waals surface area (Å²) in [5.41, 5.74) is -0.250. The Bertz CT molecular complexity index is 234. The summed E-state index contributed by atoms with van der Waals surface area (Å²) >= 11 is 0. The summed E-state index contributed by atoms with van der Waals surface area (Å²) in [6.45, 7) is 8.35. The van der Waals surface area contributed by atoms with E-state index in [0.717, 1.165) is 12.8 Å². The topological polar surface area (TPSA) is 40.5 Å². The van der Waals surface area contributed by atoms with E-state index in [0.29, 0.717) is 5.92 Å². The lowest BCUT2D eigenvalue weighted by molar-refractivity contribution is -0.264. The van der Waals surface area contributed by atoms with Gasteiger partial charge in [0, 0.05) is 11.3 Å². The first-order chi connectivity index (χ1) is 5.75. The molecule has 2 N–H and O–H groups in total. The van der Waals surface area contributed by atoms with Gasteiger partial charge < -0.3 is 10.2 Å². The maximum Gasteiger partial charge on any atom is 0.171 e. The Kier molecular flexibility index (Phi) is 1.54. The lowest BCUT2D eigenvalue weighted by Gasteiger charge is -2.43. The fourth-order valence-electron chi connectivity index (χ4n) is 3.85. The minimum atomic E-state index is -1.46. The van der Waals surface area contributed by atoms with Crippen LogP contribution in [0.2, 0.25) is 0 Å². The lowest BCUT2D eigenvalue weighted by atomic mass is 9.68. The predicted molar refractivity (Wildman–Crippen MR) is 50.9 cm³/mol. The van der Waals surface area contributed by atoms with Crippen molar-refractivity contribution in [1.29, 1.82) is 0 Å². The minimum absolute atomic E-state index is 0.0150. The van der Waals surface area contributed by atoms with E-state index in [1.54, 1.807) is 0 Å². The first-order valence-electron chi connectivity index (χ1n) is 5.20. The molecule has 0 heterocycles. The van der Waals surface area contributed by atoms with Crippen LogP contribution < -0.4 is 0 Å². The third-order valence-corrected chi connectivity index (χ3v) is 5.36. The summed E-state index contributed by atoms with van der Waals surface area (Å²) in [5, 5.41) is 20.2. The van der Waals surface area contributed by atoms with Gasteiger partial charge >= 0.3 is 0 Å². The molecule has 0 aromatic carbocycles. The van der Waals surface area contributed by atoms with E-state index in [1.165, 1.54) is 0 Å². The van der Waals surface area contributed by atoms with Crippen LogP contribution >= 0.6 is 0 Å². The molecule has 2 saturated carbocycles. The van der Waals surface area contributed by atoms with Crippen LogP contribution in [0.25, 0.3) is 0 Å². The summed E-state index contributed by atoms with van der Waals surface area (Å²) in [6, 6.07) is 0. The normalized spacial score (nSPS) is 51.2. The van der Waals surface area contributed by atoms with Gasteiger partial charge in [-0.25, -0.2) is 0 Å². The van der Waals surface area contributed by atoms with Crippen molar-refractivity contribution in [3.8, 4) is 0 Å². The second-order valence-electron chi connectivity index (χ2n) is 5.71. The maximum absolute atomic E-state index is 10.1. The summed E-state index contributed by atoms with van der Waals surface area (Å²) in [7, 11) is 0. The second kappa shape index (κ2) is 2.12. The minimum Gasteiger partial charge on any atom is -0.365 e. The molecule has 2 bridgehead atoms. The van der Waals surface area contributed by atoms with Gasteiger partial charge in [0.05, 0.1) is 0 Å². The Balaban J connectivity index is 2.53. The van der Waals surface area contributed by atoms with Crippen LogP contribution in [0.4, 0.5) is 0 Å². The molecule has 0 saturated heterocycles. The molecule has 2 nitrogen and oxygen atoms in total. The SMILES string of the molecule is CC1C2CCC(C)(C2(C)C)C1(O)O. The van der Waals surface area contributed by atoms with Gasteiger partial charge in [0.25, 0.3) is 0 Å². The molecule has 13 heavy (non-hydrogen) atoms.